The highest BCUT2D eigenvalue weighted by molar-refractivity contribution is 5.89. The Bertz CT molecular complexity index is 532. The van der Waals surface area contributed by atoms with E-state index < -0.39 is 0 Å². The summed E-state index contributed by atoms with van der Waals surface area (Å²) in [6.07, 6.45) is 1.84. The first-order valence-electron chi connectivity index (χ1n) is 5.46. The number of nitrogens with zero attached hydrogens (tertiary/aromatic N) is 1. The van der Waals surface area contributed by atoms with Crippen LogP contribution in [0.25, 0.3) is 11.1 Å². The summed E-state index contributed by atoms with van der Waals surface area (Å²) in [4.78, 5) is 15.2. The minimum atomic E-state index is -0.0656. The number of carbonyl (C=O) groups is 1. The molecule has 0 aliphatic rings. The summed E-state index contributed by atoms with van der Waals surface area (Å²) < 4.78 is 0. The van der Waals surface area contributed by atoms with E-state index in [2.05, 4.69) is 10.3 Å². The van der Waals surface area contributed by atoms with E-state index in [-0.39, 0.29) is 5.91 Å². The predicted octanol–water partition coefficient (Wildman–Crippen LogP) is 3.02. The first-order valence-corrected chi connectivity index (χ1v) is 5.46. The molecule has 86 valence electrons. The average molecular weight is 226 g/mol. The third-order valence-corrected chi connectivity index (χ3v) is 2.43. The minimum absolute atomic E-state index is 0.0656. The van der Waals surface area contributed by atoms with Gasteiger partial charge in [-0.3, -0.25) is 9.78 Å². The van der Waals surface area contributed by atoms with Crippen molar-refractivity contribution in [2.75, 3.05) is 5.32 Å². The highest BCUT2D eigenvalue weighted by atomic mass is 16.1. The van der Waals surface area contributed by atoms with Crippen molar-refractivity contribution in [1.82, 2.24) is 4.98 Å². The predicted molar refractivity (Wildman–Crippen MR) is 68.7 cm³/mol. The van der Waals surface area contributed by atoms with Crippen LogP contribution >= 0.6 is 0 Å². The summed E-state index contributed by atoms with van der Waals surface area (Å²) in [5.41, 5.74) is 3.88. The molecule has 0 bridgehead atoms. The van der Waals surface area contributed by atoms with Crippen LogP contribution in [0.15, 0.2) is 42.6 Å². The molecule has 0 aliphatic heterocycles. The number of anilines is 1. The maximum atomic E-state index is 11.0. The second-order valence-corrected chi connectivity index (χ2v) is 3.95. The van der Waals surface area contributed by atoms with E-state index in [9.17, 15) is 4.79 Å². The molecule has 3 nitrogen and oxygen atoms in total. The average Bonchev–Trinajstić information content (AvgIpc) is 2.29. The fourth-order valence-electron chi connectivity index (χ4n) is 1.62. The largest absolute Gasteiger partial charge is 0.326 e. The Labute approximate surface area is 101 Å². The van der Waals surface area contributed by atoms with E-state index in [1.807, 2.05) is 49.5 Å². The van der Waals surface area contributed by atoms with E-state index in [0.717, 1.165) is 22.5 Å². The van der Waals surface area contributed by atoms with E-state index in [1.54, 1.807) is 0 Å². The lowest BCUT2D eigenvalue weighted by molar-refractivity contribution is -0.114. The molecule has 0 saturated carbocycles. The zero-order valence-corrected chi connectivity index (χ0v) is 9.90. The van der Waals surface area contributed by atoms with Crippen LogP contribution in [0.1, 0.15) is 12.6 Å². The smallest absolute Gasteiger partial charge is 0.221 e. The second-order valence-electron chi connectivity index (χ2n) is 3.95. The van der Waals surface area contributed by atoms with Gasteiger partial charge in [-0.1, -0.05) is 18.2 Å². The molecule has 1 amide bonds. The van der Waals surface area contributed by atoms with Crippen LogP contribution in [-0.4, -0.2) is 10.9 Å². The topological polar surface area (TPSA) is 42.0 Å². The number of benzene rings is 1. The SMILES string of the molecule is CC(=O)Nc1cccc(-c2ccc(C)nc2)c1. The van der Waals surface area contributed by atoms with Crippen molar-refractivity contribution in [2.45, 2.75) is 13.8 Å². The maximum absolute atomic E-state index is 11.0. The van der Waals surface area contributed by atoms with Crippen molar-refractivity contribution >= 4 is 11.6 Å². The molecule has 1 heterocycles. The molecule has 0 atom stereocenters. The van der Waals surface area contributed by atoms with Crippen LogP contribution < -0.4 is 5.32 Å². The molecule has 0 aliphatic carbocycles. The number of pyridine rings is 1. The summed E-state index contributed by atoms with van der Waals surface area (Å²) in [6, 6.07) is 11.7. The van der Waals surface area contributed by atoms with Gasteiger partial charge < -0.3 is 5.32 Å². The number of hydrogen-bond acceptors (Lipinski definition) is 2. The van der Waals surface area contributed by atoms with Gasteiger partial charge in [-0.05, 0) is 30.7 Å². The van der Waals surface area contributed by atoms with E-state index in [4.69, 9.17) is 0 Å². The van der Waals surface area contributed by atoms with Gasteiger partial charge in [-0.2, -0.15) is 0 Å². The second kappa shape index (κ2) is 4.78. The standard InChI is InChI=1S/C14H14N2O/c1-10-6-7-13(9-15-10)12-4-3-5-14(8-12)16-11(2)17/h3-9H,1-2H3,(H,16,17). The first-order chi connectivity index (χ1) is 8.15. The van der Waals surface area contributed by atoms with Crippen LogP contribution in [0.5, 0.6) is 0 Å². The Morgan fingerprint density at radius 3 is 2.65 bits per heavy atom. The number of aromatic nitrogens is 1. The van der Waals surface area contributed by atoms with Gasteiger partial charge in [0.2, 0.25) is 5.91 Å². The lowest BCUT2D eigenvalue weighted by atomic mass is 10.1. The molecule has 0 unspecified atom stereocenters. The van der Waals surface area contributed by atoms with E-state index >= 15 is 0 Å². The van der Waals surface area contributed by atoms with Crippen LogP contribution in [0.3, 0.4) is 0 Å². The van der Waals surface area contributed by atoms with Crippen molar-refractivity contribution in [3.05, 3.63) is 48.3 Å². The van der Waals surface area contributed by atoms with Crippen LogP contribution in [0.2, 0.25) is 0 Å². The summed E-state index contributed by atoms with van der Waals surface area (Å²) in [7, 11) is 0. The molecule has 2 rings (SSSR count). The van der Waals surface area contributed by atoms with Gasteiger partial charge in [0.15, 0.2) is 0 Å². The zero-order valence-electron chi connectivity index (χ0n) is 9.90. The maximum Gasteiger partial charge on any atom is 0.221 e. The zero-order chi connectivity index (χ0) is 12.3. The number of amides is 1. The fraction of sp³-hybridized carbons (Fsp3) is 0.143. The van der Waals surface area contributed by atoms with Crippen molar-refractivity contribution in [3.8, 4) is 11.1 Å². The third-order valence-electron chi connectivity index (χ3n) is 2.43. The summed E-state index contributed by atoms with van der Waals surface area (Å²) in [5, 5.41) is 2.77. The van der Waals surface area contributed by atoms with Gasteiger partial charge in [0, 0.05) is 30.1 Å². The first kappa shape index (κ1) is 11.3. The molecular weight excluding hydrogens is 212 g/mol. The van der Waals surface area contributed by atoms with Gasteiger partial charge in [0.1, 0.15) is 0 Å². The number of rotatable bonds is 2. The molecule has 0 saturated heterocycles. The number of nitrogens with one attached hydrogen (secondary N) is 1. The molecular formula is C14H14N2O. The molecule has 3 heteroatoms. The molecule has 0 fully saturated rings. The Balaban J connectivity index is 2.32. The monoisotopic (exact) mass is 226 g/mol. The van der Waals surface area contributed by atoms with Crippen molar-refractivity contribution in [3.63, 3.8) is 0 Å². The quantitative estimate of drug-likeness (QED) is 0.855. The summed E-state index contributed by atoms with van der Waals surface area (Å²) >= 11 is 0. The summed E-state index contributed by atoms with van der Waals surface area (Å²) in [6.45, 7) is 3.46. The van der Waals surface area contributed by atoms with Crippen molar-refractivity contribution in [1.29, 1.82) is 0 Å². The highest BCUT2D eigenvalue weighted by Crippen LogP contribution is 2.21. The Kier molecular flexibility index (Phi) is 3.19. The Morgan fingerprint density at radius 2 is 2.00 bits per heavy atom. The third kappa shape index (κ3) is 2.91. The molecule has 0 spiro atoms. The number of carbonyl (C=O) groups excluding carboxylic acids is 1. The van der Waals surface area contributed by atoms with Gasteiger partial charge in [-0.15, -0.1) is 0 Å². The van der Waals surface area contributed by atoms with Gasteiger partial charge in [0.25, 0.3) is 0 Å². The Hall–Kier alpha value is -2.16. The molecule has 1 aromatic heterocycles. The lowest BCUT2D eigenvalue weighted by Gasteiger charge is -2.05. The van der Waals surface area contributed by atoms with Crippen molar-refractivity contribution in [2.24, 2.45) is 0 Å². The lowest BCUT2D eigenvalue weighted by Crippen LogP contribution is -2.05. The minimum Gasteiger partial charge on any atom is -0.326 e. The number of hydrogen-bond donors (Lipinski definition) is 1. The molecule has 2 aromatic rings. The fourth-order valence-corrected chi connectivity index (χ4v) is 1.62. The van der Waals surface area contributed by atoms with Gasteiger partial charge >= 0.3 is 0 Å². The molecule has 1 N–H and O–H groups in total. The van der Waals surface area contributed by atoms with Crippen LogP contribution in [0.4, 0.5) is 5.69 Å². The van der Waals surface area contributed by atoms with Crippen molar-refractivity contribution < 1.29 is 4.79 Å². The van der Waals surface area contributed by atoms with E-state index in [1.165, 1.54) is 6.92 Å². The Morgan fingerprint density at radius 1 is 1.18 bits per heavy atom. The molecule has 17 heavy (non-hydrogen) atoms. The molecule has 0 radical (unpaired) electrons. The van der Waals surface area contributed by atoms with Gasteiger partial charge in [-0.25, -0.2) is 0 Å². The number of aryl methyl sites for hydroxylation is 1. The van der Waals surface area contributed by atoms with Crippen LogP contribution in [-0.2, 0) is 4.79 Å². The van der Waals surface area contributed by atoms with Gasteiger partial charge in [0.05, 0.1) is 0 Å². The highest BCUT2D eigenvalue weighted by Gasteiger charge is 2.00. The van der Waals surface area contributed by atoms with Crippen LogP contribution in [0, 0.1) is 6.92 Å². The normalized spacial score (nSPS) is 10.0. The molecule has 1 aromatic carbocycles. The summed E-state index contributed by atoms with van der Waals surface area (Å²) in [5.74, 6) is -0.0656. The van der Waals surface area contributed by atoms with E-state index in [0.29, 0.717) is 0 Å².